The van der Waals surface area contributed by atoms with E-state index in [1.165, 1.54) is 5.57 Å². The number of carbonyl (C=O) groups excluding carboxylic acids is 2. The molecule has 2 aromatic heterocycles. The van der Waals surface area contributed by atoms with Crippen molar-refractivity contribution in [3.8, 4) is 17.3 Å². The highest BCUT2D eigenvalue weighted by Gasteiger charge is 2.70. The zero-order valence-corrected chi connectivity index (χ0v) is 34.1. The Morgan fingerprint density at radius 2 is 1.70 bits per heavy atom. The van der Waals surface area contributed by atoms with Crippen LogP contribution in [0.3, 0.4) is 0 Å². The number of Topliss-reactive ketones (excluding diaryl/α,β-unsaturated/α-hetero) is 1. The smallest absolute Gasteiger partial charge is 0.309 e. The number of carbonyl (C=O) groups is 3. The SMILES string of the molecule is COc1ccc(-c2nnc(C[C@@]34CC[C@]5(C)[C@H](CC[C@@H]6[C@@]7(C)CC[C@H](OC(=O)CC(C)(C)C(=O)O)C(C)(C)[C@@H]7CC[C@]65C)C3=C(C(C)C)C(=O)C4)o2)cn1. The Hall–Kier alpha value is -3.56. The van der Waals surface area contributed by atoms with Crippen LogP contribution in [0.2, 0.25) is 0 Å². The summed E-state index contributed by atoms with van der Waals surface area (Å²) in [5, 5.41) is 18.6. The molecule has 7 rings (SSSR count). The molecule has 5 aliphatic rings. The van der Waals surface area contributed by atoms with Crippen molar-refractivity contribution in [1.29, 1.82) is 0 Å². The second-order valence-electron chi connectivity index (χ2n) is 19.9. The fourth-order valence-electron chi connectivity index (χ4n) is 13.1. The third-order valence-corrected chi connectivity index (χ3v) is 16.1. The number of pyridine rings is 1. The molecule has 2 aromatic rings. The lowest BCUT2D eigenvalue weighted by molar-refractivity contribution is -0.233. The molecule has 0 aliphatic heterocycles. The van der Waals surface area contributed by atoms with Gasteiger partial charge in [0.05, 0.1) is 24.5 Å². The number of nitrogens with zero attached hydrogens (tertiary/aromatic N) is 3. The molecule has 10 nitrogen and oxygen atoms in total. The zero-order chi connectivity index (χ0) is 39.2. The highest BCUT2D eigenvalue weighted by molar-refractivity contribution is 6.00. The summed E-state index contributed by atoms with van der Waals surface area (Å²) in [7, 11) is 1.58. The molecule has 10 heteroatoms. The van der Waals surface area contributed by atoms with Gasteiger partial charge in [0.1, 0.15) is 6.10 Å². The highest BCUT2D eigenvalue weighted by atomic mass is 16.5. The van der Waals surface area contributed by atoms with E-state index in [0.717, 1.165) is 62.5 Å². The predicted molar refractivity (Wildman–Crippen MR) is 203 cm³/mol. The van der Waals surface area contributed by atoms with Crippen molar-refractivity contribution in [3.05, 3.63) is 35.4 Å². The fourth-order valence-corrected chi connectivity index (χ4v) is 13.1. The summed E-state index contributed by atoms with van der Waals surface area (Å²) in [4.78, 5) is 43.3. The van der Waals surface area contributed by atoms with Crippen LogP contribution in [0, 0.1) is 56.2 Å². The minimum Gasteiger partial charge on any atom is -0.481 e. The molecule has 5 aliphatic carbocycles. The minimum absolute atomic E-state index is 0.0120. The number of esters is 1. The number of aromatic nitrogens is 3. The van der Waals surface area contributed by atoms with Crippen LogP contribution in [0.1, 0.15) is 132 Å². The number of methoxy groups -OCH3 is 1. The van der Waals surface area contributed by atoms with Crippen molar-refractivity contribution in [2.75, 3.05) is 7.11 Å². The molecule has 4 saturated carbocycles. The van der Waals surface area contributed by atoms with Gasteiger partial charge in [0.25, 0.3) is 0 Å². The maximum atomic E-state index is 14.1. The van der Waals surface area contributed by atoms with Gasteiger partial charge in [-0.2, -0.15) is 0 Å². The molecule has 0 bridgehead atoms. The number of hydrogen-bond donors (Lipinski definition) is 1. The lowest BCUT2D eigenvalue weighted by Crippen LogP contribution is -2.65. The normalized spacial score (nSPS) is 35.9. The monoisotopic (exact) mass is 743 g/mol. The average molecular weight is 744 g/mol. The molecule has 0 spiro atoms. The first-order valence-electron chi connectivity index (χ1n) is 20.3. The molecule has 0 unspecified atom stereocenters. The van der Waals surface area contributed by atoms with Crippen molar-refractivity contribution >= 4 is 17.7 Å². The summed E-state index contributed by atoms with van der Waals surface area (Å²) in [5.74, 6) is 1.69. The van der Waals surface area contributed by atoms with E-state index in [1.807, 2.05) is 6.07 Å². The van der Waals surface area contributed by atoms with Crippen LogP contribution in [0.4, 0.5) is 0 Å². The van der Waals surface area contributed by atoms with Crippen LogP contribution in [0.15, 0.2) is 33.9 Å². The number of rotatable bonds is 9. The molecule has 4 fully saturated rings. The van der Waals surface area contributed by atoms with Gasteiger partial charge in [0, 0.05) is 35.9 Å². The molecule has 0 aromatic carbocycles. The van der Waals surface area contributed by atoms with Gasteiger partial charge in [-0.1, -0.05) is 54.0 Å². The summed E-state index contributed by atoms with van der Waals surface area (Å²) in [5.41, 5.74) is 1.57. The Labute approximate surface area is 320 Å². The second kappa shape index (κ2) is 13.0. The van der Waals surface area contributed by atoms with Crippen LogP contribution in [0.25, 0.3) is 11.5 Å². The Balaban J connectivity index is 1.17. The maximum absolute atomic E-state index is 14.1. The Kier molecular flexibility index (Phi) is 9.32. The Morgan fingerprint density at radius 3 is 2.35 bits per heavy atom. The van der Waals surface area contributed by atoms with Gasteiger partial charge < -0.3 is 19.0 Å². The number of fused-ring (bicyclic) bond motifs is 7. The molecule has 2 heterocycles. The molecule has 0 saturated heterocycles. The van der Waals surface area contributed by atoms with Crippen LogP contribution in [0.5, 0.6) is 5.88 Å². The molecule has 8 atom stereocenters. The number of carboxylic acid groups (broad SMARTS) is 1. The number of ether oxygens (including phenoxy) is 2. The quantitative estimate of drug-likeness (QED) is 0.247. The van der Waals surface area contributed by atoms with Crippen molar-refractivity contribution in [2.45, 2.75) is 139 Å². The number of aliphatic carboxylic acids is 1. The van der Waals surface area contributed by atoms with Gasteiger partial charge in [-0.3, -0.25) is 14.4 Å². The van der Waals surface area contributed by atoms with E-state index in [4.69, 9.17) is 13.9 Å². The van der Waals surface area contributed by atoms with E-state index in [0.29, 0.717) is 48.3 Å². The van der Waals surface area contributed by atoms with E-state index in [9.17, 15) is 19.5 Å². The van der Waals surface area contributed by atoms with E-state index in [1.54, 1.807) is 33.2 Å². The van der Waals surface area contributed by atoms with Gasteiger partial charge in [0.2, 0.25) is 17.7 Å². The van der Waals surface area contributed by atoms with Crippen LogP contribution >= 0.6 is 0 Å². The lowest BCUT2D eigenvalue weighted by atomic mass is 9.33. The van der Waals surface area contributed by atoms with Gasteiger partial charge >= 0.3 is 11.9 Å². The molecule has 294 valence electrons. The van der Waals surface area contributed by atoms with Crippen molar-refractivity contribution in [2.24, 2.45) is 56.2 Å². The molecule has 0 radical (unpaired) electrons. The summed E-state index contributed by atoms with van der Waals surface area (Å²) in [6, 6.07) is 3.65. The van der Waals surface area contributed by atoms with E-state index < -0.39 is 17.4 Å². The summed E-state index contributed by atoms with van der Waals surface area (Å²) < 4.78 is 17.7. The van der Waals surface area contributed by atoms with Gasteiger partial charge in [-0.25, -0.2) is 4.98 Å². The Bertz CT molecular complexity index is 1860. The number of allylic oxidation sites excluding steroid dienone is 2. The maximum Gasteiger partial charge on any atom is 0.309 e. The summed E-state index contributed by atoms with van der Waals surface area (Å²) >= 11 is 0. The van der Waals surface area contributed by atoms with E-state index in [-0.39, 0.29) is 51.3 Å². The van der Waals surface area contributed by atoms with E-state index >= 15 is 0 Å². The lowest BCUT2D eigenvalue weighted by Gasteiger charge is -2.72. The van der Waals surface area contributed by atoms with Gasteiger partial charge in [0.15, 0.2) is 5.78 Å². The third kappa shape index (κ3) is 5.77. The first-order chi connectivity index (χ1) is 25.2. The fraction of sp³-hybridized carbons (Fsp3) is 0.727. The number of carboxylic acids is 1. The van der Waals surface area contributed by atoms with Crippen LogP contribution in [-0.4, -0.2) is 51.2 Å². The standard InChI is InChI=1S/C44H61N3O7/c1-25(2)35-28(48)21-44(22-33-46-47-37(54-33)26-11-14-32(52-10)45-24-26)20-19-42(8)27(36(35)44)12-13-30-41(7)17-16-31(53-34(49)23-39(3,4)38(50)51)40(5,6)29(41)15-18-43(30,42)9/h11,14,24-25,27,29-31H,12-13,15-23H2,1-10H3,(H,50,51)/t27-,29+,30-,31+,41+,42-,43-,44+/m1/s1. The number of hydrogen-bond acceptors (Lipinski definition) is 9. The van der Waals surface area contributed by atoms with Gasteiger partial charge in [-0.05, 0) is 117 Å². The van der Waals surface area contributed by atoms with E-state index in [2.05, 4.69) is 63.6 Å². The molecular formula is C44H61N3O7. The van der Waals surface area contributed by atoms with Crippen LogP contribution < -0.4 is 4.74 Å². The van der Waals surface area contributed by atoms with Crippen molar-refractivity contribution in [3.63, 3.8) is 0 Å². The summed E-state index contributed by atoms with van der Waals surface area (Å²) in [6.45, 7) is 19.7. The first-order valence-corrected chi connectivity index (χ1v) is 20.3. The second-order valence-corrected chi connectivity index (χ2v) is 19.9. The van der Waals surface area contributed by atoms with Crippen molar-refractivity contribution < 1.29 is 33.4 Å². The minimum atomic E-state index is -1.17. The molecule has 54 heavy (non-hydrogen) atoms. The molecule has 1 N–H and O–H groups in total. The zero-order valence-electron chi connectivity index (χ0n) is 34.1. The largest absolute Gasteiger partial charge is 0.481 e. The average Bonchev–Trinajstić information content (AvgIpc) is 3.67. The highest BCUT2D eigenvalue weighted by Crippen LogP contribution is 2.77. The predicted octanol–water partition coefficient (Wildman–Crippen LogP) is 9.08. The van der Waals surface area contributed by atoms with Crippen LogP contribution in [-0.2, 0) is 25.5 Å². The molecule has 0 amide bonds. The van der Waals surface area contributed by atoms with Gasteiger partial charge in [-0.15, -0.1) is 10.2 Å². The molecular weight excluding hydrogens is 682 g/mol. The van der Waals surface area contributed by atoms with Crippen molar-refractivity contribution in [1.82, 2.24) is 15.2 Å². The summed E-state index contributed by atoms with van der Waals surface area (Å²) in [6.07, 6.45) is 10.4. The topological polar surface area (TPSA) is 142 Å². The number of ketones is 1. The Morgan fingerprint density at radius 1 is 0.963 bits per heavy atom. The first kappa shape index (κ1) is 38.7. The third-order valence-electron chi connectivity index (χ3n) is 16.1.